The van der Waals surface area contributed by atoms with Crippen LogP contribution in [0.3, 0.4) is 0 Å². The number of hydrogen-bond donors (Lipinski definition) is 2. The summed E-state index contributed by atoms with van der Waals surface area (Å²) < 4.78 is 53.0. The summed E-state index contributed by atoms with van der Waals surface area (Å²) in [7, 11) is -2.95. The molecule has 0 radical (unpaired) electrons. The molecule has 32 heavy (non-hydrogen) atoms. The van der Waals surface area contributed by atoms with Gasteiger partial charge in [-0.15, -0.1) is 0 Å². The second kappa shape index (κ2) is 8.61. The molecule has 10 heteroatoms. The molecule has 3 aliphatic heterocycles. The Morgan fingerprint density at radius 3 is 2.41 bits per heavy atom. The molecule has 2 amide bonds. The number of carbonyl (C=O) groups is 2. The van der Waals surface area contributed by atoms with Gasteiger partial charge in [0, 0.05) is 37.5 Å². The lowest BCUT2D eigenvalue weighted by Gasteiger charge is -2.47. The van der Waals surface area contributed by atoms with Crippen LogP contribution in [0.25, 0.3) is 0 Å². The fraction of sp³-hybridized carbons (Fsp3) is 0.636. The van der Waals surface area contributed by atoms with Crippen molar-refractivity contribution >= 4 is 27.3 Å². The van der Waals surface area contributed by atoms with E-state index in [-0.39, 0.29) is 52.6 Å². The van der Waals surface area contributed by atoms with Gasteiger partial charge < -0.3 is 15.5 Å². The summed E-state index contributed by atoms with van der Waals surface area (Å²) in [6.07, 6.45) is 2.67. The van der Waals surface area contributed by atoms with E-state index in [2.05, 4.69) is 10.6 Å². The molecule has 3 fully saturated rings. The molecule has 7 nitrogen and oxygen atoms in total. The van der Waals surface area contributed by atoms with Crippen LogP contribution in [-0.4, -0.2) is 57.4 Å². The van der Waals surface area contributed by atoms with Crippen LogP contribution in [0.15, 0.2) is 12.1 Å². The van der Waals surface area contributed by atoms with Crippen LogP contribution in [0.5, 0.6) is 0 Å². The standard InChI is InChI=1S/C22H29F2N3O4S/c1-2-3-19(28)25-11-15-10-16(21(29)26-15)14-8-17(23)20(18(24)9-14)27-6-4-22(5-7-27)12-32(30,31)13-22/h8-9,15-16H,2-7,10-13H2,1H3,(H,25,28)(H,26,29)/t15?,16-/m0/s1. The molecule has 4 rings (SSSR count). The summed E-state index contributed by atoms with van der Waals surface area (Å²) >= 11 is 0. The lowest BCUT2D eigenvalue weighted by atomic mass is 9.81. The van der Waals surface area contributed by atoms with Gasteiger partial charge >= 0.3 is 0 Å². The number of halogens is 2. The second-order valence-electron chi connectivity index (χ2n) is 9.40. The van der Waals surface area contributed by atoms with E-state index in [1.54, 1.807) is 4.90 Å². The fourth-order valence-electron chi connectivity index (χ4n) is 5.20. The van der Waals surface area contributed by atoms with Crippen molar-refractivity contribution in [3.63, 3.8) is 0 Å². The molecule has 3 heterocycles. The first kappa shape index (κ1) is 22.9. The van der Waals surface area contributed by atoms with Gasteiger partial charge in [0.25, 0.3) is 0 Å². The molecule has 176 valence electrons. The minimum atomic E-state index is -2.95. The topological polar surface area (TPSA) is 95.6 Å². The Balaban J connectivity index is 1.41. The number of nitrogens with zero attached hydrogens (tertiary/aromatic N) is 1. The third-order valence-electron chi connectivity index (χ3n) is 6.84. The van der Waals surface area contributed by atoms with Crippen molar-refractivity contribution in [2.45, 2.75) is 51.0 Å². The highest BCUT2D eigenvalue weighted by Crippen LogP contribution is 2.44. The number of rotatable bonds is 6. The van der Waals surface area contributed by atoms with E-state index < -0.39 is 27.4 Å². The largest absolute Gasteiger partial charge is 0.367 e. The van der Waals surface area contributed by atoms with E-state index in [4.69, 9.17) is 0 Å². The summed E-state index contributed by atoms with van der Waals surface area (Å²) in [6.45, 7) is 2.98. The Bertz CT molecular complexity index is 985. The summed E-state index contributed by atoms with van der Waals surface area (Å²) in [5, 5.41) is 5.56. The van der Waals surface area contributed by atoms with Crippen molar-refractivity contribution in [2.24, 2.45) is 5.41 Å². The van der Waals surface area contributed by atoms with Crippen LogP contribution in [0.1, 0.15) is 50.5 Å². The minimum Gasteiger partial charge on any atom is -0.367 e. The number of hydrogen-bond acceptors (Lipinski definition) is 5. The normalized spacial score (nSPS) is 26.0. The lowest BCUT2D eigenvalue weighted by Crippen LogP contribution is -2.54. The SMILES string of the molecule is CCCC(=O)NCC1C[C@@H](c2cc(F)c(N3CCC4(CC3)CS(=O)(=O)C4)c(F)c2)C(=O)N1. The molecule has 2 atom stereocenters. The number of nitrogens with one attached hydrogen (secondary N) is 2. The van der Waals surface area contributed by atoms with Gasteiger partial charge in [0.1, 0.15) is 17.3 Å². The molecule has 1 spiro atoms. The van der Waals surface area contributed by atoms with Crippen molar-refractivity contribution in [1.82, 2.24) is 10.6 Å². The van der Waals surface area contributed by atoms with Gasteiger partial charge in [0.2, 0.25) is 11.8 Å². The van der Waals surface area contributed by atoms with E-state index in [9.17, 15) is 26.8 Å². The maximum atomic E-state index is 15.0. The van der Waals surface area contributed by atoms with Gasteiger partial charge in [-0.1, -0.05) is 6.92 Å². The summed E-state index contributed by atoms with van der Waals surface area (Å²) in [6, 6.07) is 2.16. The smallest absolute Gasteiger partial charge is 0.227 e. The highest BCUT2D eigenvalue weighted by molar-refractivity contribution is 7.92. The molecule has 1 unspecified atom stereocenters. The van der Waals surface area contributed by atoms with Crippen molar-refractivity contribution in [2.75, 3.05) is 36.0 Å². The molecule has 3 saturated heterocycles. The Kier molecular flexibility index (Phi) is 6.17. The second-order valence-corrected chi connectivity index (χ2v) is 11.5. The van der Waals surface area contributed by atoms with Crippen LogP contribution < -0.4 is 15.5 Å². The molecular formula is C22H29F2N3O4S. The first-order valence-corrected chi connectivity index (χ1v) is 12.9. The Labute approximate surface area is 186 Å². The monoisotopic (exact) mass is 469 g/mol. The van der Waals surface area contributed by atoms with Crippen molar-refractivity contribution in [1.29, 1.82) is 0 Å². The fourth-order valence-corrected chi connectivity index (χ4v) is 7.56. The molecule has 2 N–H and O–H groups in total. The summed E-state index contributed by atoms with van der Waals surface area (Å²) in [5.74, 6) is -2.18. The maximum Gasteiger partial charge on any atom is 0.227 e. The van der Waals surface area contributed by atoms with Gasteiger partial charge in [0.15, 0.2) is 9.84 Å². The van der Waals surface area contributed by atoms with Crippen LogP contribution in [0, 0.1) is 17.0 Å². The zero-order valence-corrected chi connectivity index (χ0v) is 18.9. The quantitative estimate of drug-likeness (QED) is 0.663. The van der Waals surface area contributed by atoms with Gasteiger partial charge in [-0.25, -0.2) is 17.2 Å². The molecule has 1 aromatic rings. The molecule has 0 bridgehead atoms. The number of amides is 2. The number of carbonyl (C=O) groups excluding carboxylic acids is 2. The van der Waals surface area contributed by atoms with Crippen LogP contribution in [-0.2, 0) is 19.4 Å². The average Bonchev–Trinajstić information content (AvgIpc) is 3.07. The maximum absolute atomic E-state index is 15.0. The minimum absolute atomic E-state index is 0.0885. The van der Waals surface area contributed by atoms with E-state index in [1.807, 2.05) is 6.92 Å². The lowest BCUT2D eigenvalue weighted by molar-refractivity contribution is -0.122. The van der Waals surface area contributed by atoms with Crippen molar-refractivity contribution in [3.8, 4) is 0 Å². The Hall–Kier alpha value is -2.23. The Morgan fingerprint density at radius 1 is 1.22 bits per heavy atom. The predicted octanol–water partition coefficient (Wildman–Crippen LogP) is 1.87. The van der Waals surface area contributed by atoms with Crippen LogP contribution in [0.4, 0.5) is 14.5 Å². The van der Waals surface area contributed by atoms with Gasteiger partial charge in [-0.05, 0) is 43.4 Å². The van der Waals surface area contributed by atoms with E-state index in [0.29, 0.717) is 38.8 Å². The number of benzene rings is 1. The third kappa shape index (κ3) is 4.60. The van der Waals surface area contributed by atoms with E-state index >= 15 is 0 Å². The number of anilines is 1. The van der Waals surface area contributed by atoms with E-state index in [1.165, 1.54) is 12.1 Å². The van der Waals surface area contributed by atoms with Crippen LogP contribution >= 0.6 is 0 Å². The summed E-state index contributed by atoms with van der Waals surface area (Å²) in [4.78, 5) is 25.7. The van der Waals surface area contributed by atoms with Crippen molar-refractivity contribution < 1.29 is 26.8 Å². The highest BCUT2D eigenvalue weighted by atomic mass is 32.2. The molecular weight excluding hydrogens is 440 g/mol. The average molecular weight is 470 g/mol. The predicted molar refractivity (Wildman–Crippen MR) is 116 cm³/mol. The van der Waals surface area contributed by atoms with E-state index in [0.717, 1.165) is 6.42 Å². The zero-order valence-electron chi connectivity index (χ0n) is 18.1. The van der Waals surface area contributed by atoms with Gasteiger partial charge in [0.05, 0.1) is 17.4 Å². The number of sulfone groups is 1. The molecule has 0 aliphatic carbocycles. The van der Waals surface area contributed by atoms with Crippen LogP contribution in [0.2, 0.25) is 0 Å². The molecule has 0 aromatic heterocycles. The first-order valence-electron chi connectivity index (χ1n) is 11.1. The van der Waals surface area contributed by atoms with Gasteiger partial charge in [-0.3, -0.25) is 9.59 Å². The molecule has 1 aromatic carbocycles. The highest BCUT2D eigenvalue weighted by Gasteiger charge is 2.50. The molecule has 3 aliphatic rings. The number of piperidine rings is 1. The van der Waals surface area contributed by atoms with Crippen molar-refractivity contribution in [3.05, 3.63) is 29.3 Å². The zero-order chi connectivity index (χ0) is 23.1. The van der Waals surface area contributed by atoms with Gasteiger partial charge in [-0.2, -0.15) is 0 Å². The first-order chi connectivity index (χ1) is 15.1. The Morgan fingerprint density at radius 2 is 1.84 bits per heavy atom. The third-order valence-corrected chi connectivity index (χ3v) is 8.94. The molecule has 0 saturated carbocycles. The summed E-state index contributed by atoms with van der Waals surface area (Å²) in [5.41, 5.74) is -0.0825.